The van der Waals surface area contributed by atoms with Crippen LogP contribution in [-0.2, 0) is 0 Å². The minimum atomic E-state index is 0.105. The van der Waals surface area contributed by atoms with Crippen molar-refractivity contribution in [3.63, 3.8) is 0 Å². The molecule has 0 aromatic heterocycles. The molecule has 0 saturated carbocycles. The zero-order chi connectivity index (χ0) is 14.8. The molecule has 0 bridgehead atoms. The predicted octanol–water partition coefficient (Wildman–Crippen LogP) is 4.39. The van der Waals surface area contributed by atoms with Gasteiger partial charge in [0.1, 0.15) is 0 Å². The van der Waals surface area contributed by atoms with E-state index in [-0.39, 0.29) is 5.78 Å². The summed E-state index contributed by atoms with van der Waals surface area (Å²) in [7, 11) is 0. The van der Waals surface area contributed by atoms with Crippen LogP contribution in [-0.4, -0.2) is 40.8 Å². The van der Waals surface area contributed by atoms with Crippen molar-refractivity contribution in [1.82, 2.24) is 4.90 Å². The number of thioether (sulfide) groups is 1. The van der Waals surface area contributed by atoms with Gasteiger partial charge in [-0.1, -0.05) is 37.0 Å². The molecule has 1 aromatic rings. The van der Waals surface area contributed by atoms with Crippen molar-refractivity contribution < 1.29 is 4.79 Å². The zero-order valence-electron chi connectivity index (χ0n) is 11.8. The highest BCUT2D eigenvalue weighted by Crippen LogP contribution is 2.30. The molecule has 0 amide bonds. The molecule has 0 aliphatic carbocycles. The van der Waals surface area contributed by atoms with E-state index in [9.17, 15) is 4.79 Å². The average molecular weight is 332 g/mol. The SMILES string of the molecule is CC1(C)CCN(CC(=O)c2ccc(Cl)c(Cl)c2)CCS1. The van der Waals surface area contributed by atoms with Gasteiger partial charge < -0.3 is 0 Å². The highest BCUT2D eigenvalue weighted by molar-refractivity contribution is 8.00. The van der Waals surface area contributed by atoms with Gasteiger partial charge in [0, 0.05) is 22.6 Å². The molecule has 0 unspecified atom stereocenters. The van der Waals surface area contributed by atoms with Crippen molar-refractivity contribution in [2.24, 2.45) is 0 Å². The standard InChI is InChI=1S/C15H19Cl2NOS/c1-15(2)5-6-18(7-8-20-15)10-14(19)11-3-4-12(16)13(17)9-11/h3-4,9H,5-8,10H2,1-2H3. The van der Waals surface area contributed by atoms with Gasteiger partial charge >= 0.3 is 0 Å². The van der Waals surface area contributed by atoms with Crippen molar-refractivity contribution in [2.75, 3.05) is 25.4 Å². The second-order valence-corrected chi connectivity index (χ2v) is 8.30. The van der Waals surface area contributed by atoms with E-state index in [2.05, 4.69) is 18.7 Å². The van der Waals surface area contributed by atoms with Crippen molar-refractivity contribution in [3.8, 4) is 0 Å². The molecule has 0 atom stereocenters. The Morgan fingerprint density at radius 1 is 1.30 bits per heavy atom. The molecule has 1 aromatic carbocycles. The van der Waals surface area contributed by atoms with Crippen molar-refractivity contribution in [1.29, 1.82) is 0 Å². The van der Waals surface area contributed by atoms with E-state index in [4.69, 9.17) is 23.2 Å². The average Bonchev–Trinajstić information content (AvgIpc) is 2.54. The van der Waals surface area contributed by atoms with E-state index >= 15 is 0 Å². The third-order valence-corrected chi connectivity index (χ3v) is 5.65. The van der Waals surface area contributed by atoms with Gasteiger partial charge in [0.05, 0.1) is 16.6 Å². The molecule has 0 spiro atoms. The lowest BCUT2D eigenvalue weighted by molar-refractivity contribution is 0.0934. The molecule has 0 radical (unpaired) electrons. The zero-order valence-corrected chi connectivity index (χ0v) is 14.1. The Morgan fingerprint density at radius 3 is 2.75 bits per heavy atom. The Morgan fingerprint density at radius 2 is 2.05 bits per heavy atom. The molecular weight excluding hydrogens is 313 g/mol. The van der Waals surface area contributed by atoms with Crippen LogP contribution < -0.4 is 0 Å². The molecule has 1 heterocycles. The fourth-order valence-corrected chi connectivity index (χ4v) is 3.62. The molecule has 1 aliphatic rings. The summed E-state index contributed by atoms with van der Waals surface area (Å²) in [5, 5.41) is 0.918. The Bertz CT molecular complexity index is 505. The lowest BCUT2D eigenvalue weighted by Gasteiger charge is -2.22. The van der Waals surface area contributed by atoms with E-state index in [1.165, 1.54) is 0 Å². The van der Waals surface area contributed by atoms with Gasteiger partial charge in [0.2, 0.25) is 0 Å². The van der Waals surface area contributed by atoms with Crippen LogP contribution in [0.25, 0.3) is 0 Å². The molecule has 1 aliphatic heterocycles. The molecule has 1 saturated heterocycles. The Labute approximate surface area is 134 Å². The van der Waals surface area contributed by atoms with Gasteiger partial charge in [-0.15, -0.1) is 0 Å². The number of rotatable bonds is 3. The Balaban J connectivity index is 1.99. The lowest BCUT2D eigenvalue weighted by Crippen LogP contribution is -2.32. The molecule has 0 N–H and O–H groups in total. The highest BCUT2D eigenvalue weighted by atomic mass is 35.5. The third kappa shape index (κ3) is 4.39. The summed E-state index contributed by atoms with van der Waals surface area (Å²) in [6.07, 6.45) is 1.10. The molecule has 2 nitrogen and oxygen atoms in total. The van der Waals surface area contributed by atoms with Crippen LogP contribution in [0.2, 0.25) is 10.0 Å². The van der Waals surface area contributed by atoms with E-state index in [0.717, 1.165) is 25.3 Å². The normalized spacial score (nSPS) is 19.6. The summed E-state index contributed by atoms with van der Waals surface area (Å²) in [6, 6.07) is 5.08. The first-order valence-electron chi connectivity index (χ1n) is 6.72. The number of Topliss-reactive ketones (excluding diaryl/α,β-unsaturated/α-hetero) is 1. The summed E-state index contributed by atoms with van der Waals surface area (Å²) < 4.78 is 0.307. The van der Waals surface area contributed by atoms with Gasteiger partial charge in [-0.3, -0.25) is 9.69 Å². The number of nitrogens with zero attached hydrogens (tertiary/aromatic N) is 1. The second-order valence-electron chi connectivity index (χ2n) is 5.69. The number of carbonyl (C=O) groups excluding carboxylic acids is 1. The van der Waals surface area contributed by atoms with Crippen LogP contribution in [0.3, 0.4) is 0 Å². The number of carbonyl (C=O) groups is 1. The number of hydrogen-bond donors (Lipinski definition) is 0. The minimum absolute atomic E-state index is 0.105. The lowest BCUT2D eigenvalue weighted by atomic mass is 10.1. The maximum atomic E-state index is 12.3. The van der Waals surface area contributed by atoms with Crippen LogP contribution in [0.15, 0.2) is 18.2 Å². The van der Waals surface area contributed by atoms with E-state index in [1.807, 2.05) is 11.8 Å². The van der Waals surface area contributed by atoms with E-state index in [0.29, 0.717) is 26.9 Å². The molecule has 110 valence electrons. The molecule has 20 heavy (non-hydrogen) atoms. The van der Waals surface area contributed by atoms with Crippen molar-refractivity contribution in [3.05, 3.63) is 33.8 Å². The largest absolute Gasteiger partial charge is 0.295 e. The number of halogens is 2. The maximum Gasteiger partial charge on any atom is 0.176 e. The summed E-state index contributed by atoms with van der Waals surface area (Å²) >= 11 is 13.8. The van der Waals surface area contributed by atoms with E-state index in [1.54, 1.807) is 18.2 Å². The van der Waals surface area contributed by atoms with Crippen molar-refractivity contribution >= 4 is 40.7 Å². The van der Waals surface area contributed by atoms with Gasteiger partial charge in [0.15, 0.2) is 5.78 Å². The molecule has 2 rings (SSSR count). The first-order valence-corrected chi connectivity index (χ1v) is 8.46. The monoisotopic (exact) mass is 331 g/mol. The summed E-state index contributed by atoms with van der Waals surface area (Å²) in [4.78, 5) is 14.5. The minimum Gasteiger partial charge on any atom is -0.295 e. The van der Waals surface area contributed by atoms with Crippen molar-refractivity contribution in [2.45, 2.75) is 25.0 Å². The number of ketones is 1. The summed E-state index contributed by atoms with van der Waals surface area (Å²) in [5.41, 5.74) is 0.635. The molecular formula is C15H19Cl2NOS. The van der Waals surface area contributed by atoms with Gasteiger partial charge in [-0.05, 0) is 31.2 Å². The quantitative estimate of drug-likeness (QED) is 0.766. The van der Waals surface area contributed by atoms with Gasteiger partial charge in [-0.2, -0.15) is 11.8 Å². The highest BCUT2D eigenvalue weighted by Gasteiger charge is 2.24. The van der Waals surface area contributed by atoms with Crippen LogP contribution in [0, 0.1) is 0 Å². The first-order chi connectivity index (χ1) is 9.37. The van der Waals surface area contributed by atoms with Crippen LogP contribution >= 0.6 is 35.0 Å². The summed E-state index contributed by atoms with van der Waals surface area (Å²) in [5.74, 6) is 1.18. The fourth-order valence-electron chi connectivity index (χ4n) is 2.18. The van der Waals surface area contributed by atoms with Gasteiger partial charge in [0.25, 0.3) is 0 Å². The molecule has 5 heteroatoms. The van der Waals surface area contributed by atoms with Crippen LogP contribution in [0.4, 0.5) is 0 Å². The molecule has 1 fully saturated rings. The first kappa shape index (κ1) is 16.2. The van der Waals surface area contributed by atoms with Gasteiger partial charge in [-0.25, -0.2) is 0 Å². The number of hydrogen-bond acceptors (Lipinski definition) is 3. The second kappa shape index (κ2) is 6.69. The summed E-state index contributed by atoms with van der Waals surface area (Å²) in [6.45, 7) is 6.91. The van der Waals surface area contributed by atoms with E-state index < -0.39 is 0 Å². The number of benzene rings is 1. The van der Waals surface area contributed by atoms with Crippen LogP contribution in [0.1, 0.15) is 30.6 Å². The Kier molecular flexibility index (Phi) is 5.41. The smallest absolute Gasteiger partial charge is 0.176 e. The predicted molar refractivity (Wildman–Crippen MR) is 88.4 cm³/mol. The topological polar surface area (TPSA) is 20.3 Å². The maximum absolute atomic E-state index is 12.3. The fraction of sp³-hybridized carbons (Fsp3) is 0.533. The third-order valence-electron chi connectivity index (χ3n) is 3.54. The van der Waals surface area contributed by atoms with Crippen LogP contribution in [0.5, 0.6) is 0 Å². The Hall–Kier alpha value is -0.220.